The molecule has 2 N–H and O–H groups in total. The summed E-state index contributed by atoms with van der Waals surface area (Å²) in [6.07, 6.45) is 3.44. The van der Waals surface area contributed by atoms with Gasteiger partial charge in [-0.1, -0.05) is 27.7 Å². The molecule has 0 aromatic carbocycles. The van der Waals surface area contributed by atoms with Crippen molar-refractivity contribution in [1.82, 2.24) is 14.5 Å². The summed E-state index contributed by atoms with van der Waals surface area (Å²) in [7, 11) is 1.70. The van der Waals surface area contributed by atoms with E-state index in [9.17, 15) is 14.7 Å². The average molecular weight is 492 g/mol. The highest BCUT2D eigenvalue weighted by atomic mass is 79.9. The molecule has 1 aliphatic rings. The summed E-state index contributed by atoms with van der Waals surface area (Å²) in [5.74, 6) is 0.573. The van der Waals surface area contributed by atoms with Crippen molar-refractivity contribution in [3.63, 3.8) is 0 Å². The predicted octanol–water partition coefficient (Wildman–Crippen LogP) is 4.28. The molecule has 168 valence electrons. The maximum absolute atomic E-state index is 12.3. The molecule has 8 nitrogen and oxygen atoms in total. The van der Waals surface area contributed by atoms with Crippen molar-refractivity contribution in [3.05, 3.63) is 45.4 Å². The van der Waals surface area contributed by atoms with Crippen LogP contribution in [0.15, 0.2) is 39.9 Å². The van der Waals surface area contributed by atoms with Gasteiger partial charge in [-0.2, -0.15) is 0 Å². The molecule has 0 aliphatic carbocycles. The van der Waals surface area contributed by atoms with Crippen LogP contribution in [-0.4, -0.2) is 50.8 Å². The lowest BCUT2D eigenvalue weighted by Gasteiger charge is -2.52. The standard InChI is InChI=1S/C22H30BrN5O3/c1-6-17-19(22(2,3)4)28(21(30)31)10-9-27(17)15-7-8-18(24-12-15)25-16-11-14(23)13-26(5)20(16)29/h7-8,11-13,17,19H,6,9-10H2,1-5H3,(H,24,25)(H,30,31). The van der Waals surface area contributed by atoms with Crippen LogP contribution in [0.4, 0.5) is 22.0 Å². The number of anilines is 3. The zero-order valence-corrected chi connectivity index (χ0v) is 20.2. The van der Waals surface area contributed by atoms with Crippen LogP contribution in [0, 0.1) is 5.41 Å². The monoisotopic (exact) mass is 491 g/mol. The number of hydrogen-bond acceptors (Lipinski definition) is 5. The van der Waals surface area contributed by atoms with Gasteiger partial charge in [0.2, 0.25) is 0 Å². The lowest BCUT2D eigenvalue weighted by Crippen LogP contribution is -2.65. The zero-order chi connectivity index (χ0) is 22.9. The number of hydrogen-bond donors (Lipinski definition) is 2. The Morgan fingerprint density at radius 1 is 1.32 bits per heavy atom. The van der Waals surface area contributed by atoms with Gasteiger partial charge in [-0.3, -0.25) is 4.79 Å². The summed E-state index contributed by atoms with van der Waals surface area (Å²) in [6.45, 7) is 9.41. The van der Waals surface area contributed by atoms with E-state index in [1.807, 2.05) is 12.1 Å². The van der Waals surface area contributed by atoms with Crippen molar-refractivity contribution >= 4 is 39.2 Å². The fourth-order valence-electron chi connectivity index (χ4n) is 4.45. The molecule has 1 amide bonds. The van der Waals surface area contributed by atoms with Gasteiger partial charge in [0.1, 0.15) is 11.5 Å². The van der Waals surface area contributed by atoms with E-state index in [1.54, 1.807) is 30.4 Å². The van der Waals surface area contributed by atoms with Crippen molar-refractivity contribution in [2.45, 2.75) is 46.2 Å². The van der Waals surface area contributed by atoms with Crippen LogP contribution < -0.4 is 15.8 Å². The molecule has 3 heterocycles. The van der Waals surface area contributed by atoms with E-state index in [1.165, 1.54) is 4.57 Å². The van der Waals surface area contributed by atoms with E-state index in [2.05, 4.69) is 58.8 Å². The van der Waals surface area contributed by atoms with Crippen LogP contribution >= 0.6 is 15.9 Å². The van der Waals surface area contributed by atoms with Gasteiger partial charge in [-0.25, -0.2) is 9.78 Å². The Hall–Kier alpha value is -2.55. The van der Waals surface area contributed by atoms with Crippen molar-refractivity contribution in [3.8, 4) is 0 Å². The molecule has 1 fully saturated rings. The number of carbonyl (C=O) groups is 1. The third kappa shape index (κ3) is 4.87. The third-order valence-electron chi connectivity index (χ3n) is 5.73. The minimum absolute atomic E-state index is 0.0443. The Kier molecular flexibility index (Phi) is 6.64. The van der Waals surface area contributed by atoms with Crippen molar-refractivity contribution in [2.75, 3.05) is 23.3 Å². The lowest BCUT2D eigenvalue weighted by molar-refractivity contribution is 0.0517. The number of amides is 1. The first-order chi connectivity index (χ1) is 14.5. The normalized spacial score (nSPS) is 19.4. The van der Waals surface area contributed by atoms with E-state index in [0.29, 0.717) is 24.6 Å². The highest BCUT2D eigenvalue weighted by molar-refractivity contribution is 9.10. The van der Waals surface area contributed by atoms with Crippen molar-refractivity contribution in [1.29, 1.82) is 0 Å². The van der Waals surface area contributed by atoms with Crippen LogP contribution in [0.25, 0.3) is 0 Å². The number of pyridine rings is 2. The molecule has 31 heavy (non-hydrogen) atoms. The molecule has 0 bridgehead atoms. The number of rotatable bonds is 4. The number of aromatic nitrogens is 2. The fraction of sp³-hybridized carbons (Fsp3) is 0.500. The van der Waals surface area contributed by atoms with Gasteiger partial charge >= 0.3 is 6.09 Å². The molecule has 9 heteroatoms. The maximum atomic E-state index is 12.3. The maximum Gasteiger partial charge on any atom is 0.407 e. The number of nitrogens with one attached hydrogen (secondary N) is 1. The number of piperazine rings is 1. The Labute approximate surface area is 191 Å². The summed E-state index contributed by atoms with van der Waals surface area (Å²) in [5.41, 5.74) is 1.04. The lowest BCUT2D eigenvalue weighted by atomic mass is 9.78. The van der Waals surface area contributed by atoms with Gasteiger partial charge in [0.05, 0.1) is 17.9 Å². The van der Waals surface area contributed by atoms with Crippen LogP contribution in [0.2, 0.25) is 0 Å². The zero-order valence-electron chi connectivity index (χ0n) is 18.6. The topological polar surface area (TPSA) is 90.7 Å². The molecule has 2 unspecified atom stereocenters. The summed E-state index contributed by atoms with van der Waals surface area (Å²) < 4.78 is 2.30. The first kappa shape index (κ1) is 23.1. The molecule has 0 saturated carbocycles. The summed E-state index contributed by atoms with van der Waals surface area (Å²) in [4.78, 5) is 32.5. The molecule has 1 aliphatic heterocycles. The Morgan fingerprint density at radius 2 is 2.03 bits per heavy atom. The Morgan fingerprint density at radius 3 is 2.58 bits per heavy atom. The van der Waals surface area contributed by atoms with E-state index in [-0.39, 0.29) is 23.1 Å². The molecule has 2 atom stereocenters. The first-order valence-corrected chi connectivity index (χ1v) is 11.2. The smallest absolute Gasteiger partial charge is 0.407 e. The Bertz CT molecular complexity index is 1000. The van der Waals surface area contributed by atoms with E-state index in [4.69, 9.17) is 0 Å². The second kappa shape index (κ2) is 8.90. The van der Waals surface area contributed by atoms with Crippen LogP contribution in [-0.2, 0) is 7.05 Å². The van der Waals surface area contributed by atoms with Crippen LogP contribution in [0.3, 0.4) is 0 Å². The van der Waals surface area contributed by atoms with Gasteiger partial charge in [-0.15, -0.1) is 0 Å². The largest absolute Gasteiger partial charge is 0.465 e. The predicted molar refractivity (Wildman–Crippen MR) is 126 cm³/mol. The Balaban J connectivity index is 1.86. The van der Waals surface area contributed by atoms with Crippen molar-refractivity contribution < 1.29 is 9.90 Å². The molecule has 3 rings (SSSR count). The quantitative estimate of drug-likeness (QED) is 0.662. The second-order valence-electron chi connectivity index (χ2n) is 8.97. The van der Waals surface area contributed by atoms with Gasteiger partial charge < -0.3 is 24.8 Å². The van der Waals surface area contributed by atoms with Gasteiger partial charge in [0.25, 0.3) is 5.56 Å². The highest BCUT2D eigenvalue weighted by Crippen LogP contribution is 2.36. The molecule has 1 saturated heterocycles. The van der Waals surface area contributed by atoms with E-state index in [0.717, 1.165) is 16.6 Å². The SMILES string of the molecule is CCC1C(C(C)(C)C)N(C(=O)O)CCN1c1ccc(Nc2cc(Br)cn(C)c2=O)nc1. The van der Waals surface area contributed by atoms with Gasteiger partial charge in [0, 0.05) is 36.8 Å². The van der Waals surface area contributed by atoms with E-state index < -0.39 is 6.09 Å². The van der Waals surface area contributed by atoms with Crippen molar-refractivity contribution in [2.24, 2.45) is 12.5 Å². The molecule has 0 spiro atoms. The summed E-state index contributed by atoms with van der Waals surface area (Å²) >= 11 is 3.40. The number of carboxylic acid groups (broad SMARTS) is 1. The molecular weight excluding hydrogens is 462 g/mol. The molecule has 2 aromatic rings. The minimum atomic E-state index is -0.869. The number of nitrogens with zero attached hydrogens (tertiary/aromatic N) is 4. The average Bonchev–Trinajstić information content (AvgIpc) is 2.70. The molecule has 0 radical (unpaired) electrons. The molecular formula is C22H30BrN5O3. The third-order valence-corrected chi connectivity index (χ3v) is 6.16. The fourth-order valence-corrected chi connectivity index (χ4v) is 4.99. The number of aryl methyl sites for hydroxylation is 1. The van der Waals surface area contributed by atoms with Crippen LogP contribution in [0.5, 0.6) is 0 Å². The van der Waals surface area contributed by atoms with Gasteiger partial charge in [-0.05, 0) is 46.0 Å². The summed E-state index contributed by atoms with van der Waals surface area (Å²) in [5, 5.41) is 12.8. The first-order valence-electron chi connectivity index (χ1n) is 10.4. The second-order valence-corrected chi connectivity index (χ2v) is 9.89. The highest BCUT2D eigenvalue weighted by Gasteiger charge is 2.44. The summed E-state index contributed by atoms with van der Waals surface area (Å²) in [6, 6.07) is 5.45. The number of halogens is 1. The minimum Gasteiger partial charge on any atom is -0.465 e. The van der Waals surface area contributed by atoms with Gasteiger partial charge in [0.15, 0.2) is 0 Å². The van der Waals surface area contributed by atoms with Crippen LogP contribution in [0.1, 0.15) is 34.1 Å². The molecule has 2 aromatic heterocycles. The van der Waals surface area contributed by atoms with E-state index >= 15 is 0 Å².